The zero-order valence-corrected chi connectivity index (χ0v) is 8.42. The summed E-state index contributed by atoms with van der Waals surface area (Å²) in [5, 5.41) is 0. The average molecular weight is 180 g/mol. The average Bonchev–Trinajstić information content (AvgIpc) is 2.55. The van der Waals surface area contributed by atoms with E-state index in [1.807, 2.05) is 6.92 Å². The Morgan fingerprint density at radius 2 is 2.23 bits per heavy atom. The summed E-state index contributed by atoms with van der Waals surface area (Å²) in [5.74, 6) is 2.21. The molecule has 0 spiro atoms. The molecule has 1 fully saturated rings. The summed E-state index contributed by atoms with van der Waals surface area (Å²) in [4.78, 5) is 4.39. The largest absolute Gasteiger partial charge is 0.444 e. The van der Waals surface area contributed by atoms with Gasteiger partial charge in [0.15, 0.2) is 5.89 Å². The first-order valence-electron chi connectivity index (χ1n) is 4.71. The number of hydrogen-bond donors (Lipinski definition) is 1. The summed E-state index contributed by atoms with van der Waals surface area (Å²) in [5.41, 5.74) is 6.84. The van der Waals surface area contributed by atoms with Crippen LogP contribution in [0.25, 0.3) is 0 Å². The second-order valence-corrected chi connectivity index (χ2v) is 4.51. The minimum atomic E-state index is 0.378. The molecule has 1 aliphatic rings. The van der Waals surface area contributed by atoms with E-state index in [9.17, 15) is 0 Å². The van der Waals surface area contributed by atoms with Crippen molar-refractivity contribution in [2.45, 2.75) is 39.7 Å². The van der Waals surface area contributed by atoms with Crippen LogP contribution in [0.5, 0.6) is 0 Å². The smallest absolute Gasteiger partial charge is 0.198 e. The number of oxazole rings is 1. The molecule has 2 rings (SSSR count). The molecule has 0 saturated heterocycles. The van der Waals surface area contributed by atoms with Gasteiger partial charge in [-0.15, -0.1) is 0 Å². The molecule has 13 heavy (non-hydrogen) atoms. The third-order valence-corrected chi connectivity index (χ3v) is 2.91. The highest BCUT2D eigenvalue weighted by molar-refractivity contribution is 5.17. The van der Waals surface area contributed by atoms with Crippen molar-refractivity contribution in [3.05, 3.63) is 17.3 Å². The molecular formula is C10H16N2O. The molecule has 1 aliphatic carbocycles. The van der Waals surface area contributed by atoms with Crippen LogP contribution in [0.15, 0.2) is 4.42 Å². The van der Waals surface area contributed by atoms with Gasteiger partial charge < -0.3 is 10.2 Å². The fourth-order valence-electron chi connectivity index (χ4n) is 1.68. The molecule has 1 atom stereocenters. The first-order chi connectivity index (χ1) is 6.04. The Labute approximate surface area is 78.3 Å². The Morgan fingerprint density at radius 1 is 1.62 bits per heavy atom. The maximum absolute atomic E-state index is 5.59. The topological polar surface area (TPSA) is 52.0 Å². The van der Waals surface area contributed by atoms with Crippen LogP contribution in [-0.2, 0) is 6.54 Å². The van der Waals surface area contributed by atoms with E-state index in [4.69, 9.17) is 10.2 Å². The molecule has 0 aliphatic heterocycles. The molecule has 3 nitrogen and oxygen atoms in total. The maximum Gasteiger partial charge on any atom is 0.198 e. The van der Waals surface area contributed by atoms with E-state index < -0.39 is 0 Å². The van der Waals surface area contributed by atoms with E-state index in [1.165, 1.54) is 6.42 Å². The zero-order chi connectivity index (χ0) is 9.64. The van der Waals surface area contributed by atoms with Gasteiger partial charge in [0.25, 0.3) is 0 Å². The van der Waals surface area contributed by atoms with Gasteiger partial charge in [0.2, 0.25) is 0 Å². The Balaban J connectivity index is 2.24. The number of nitrogens with zero attached hydrogens (tertiary/aromatic N) is 1. The van der Waals surface area contributed by atoms with Gasteiger partial charge in [-0.25, -0.2) is 4.98 Å². The van der Waals surface area contributed by atoms with Crippen LogP contribution >= 0.6 is 0 Å². The summed E-state index contributed by atoms with van der Waals surface area (Å²) in [6.07, 6.45) is 1.18. The first-order valence-corrected chi connectivity index (χ1v) is 4.71. The van der Waals surface area contributed by atoms with E-state index in [-0.39, 0.29) is 0 Å². The predicted molar refractivity (Wildman–Crippen MR) is 50.3 cm³/mol. The van der Waals surface area contributed by atoms with Crippen LogP contribution in [-0.4, -0.2) is 4.98 Å². The van der Waals surface area contributed by atoms with Gasteiger partial charge in [-0.1, -0.05) is 13.8 Å². The maximum atomic E-state index is 5.59. The number of aryl methyl sites for hydroxylation is 1. The van der Waals surface area contributed by atoms with Crippen molar-refractivity contribution in [3.63, 3.8) is 0 Å². The molecule has 3 heteroatoms. The third-order valence-electron chi connectivity index (χ3n) is 2.91. The second-order valence-electron chi connectivity index (χ2n) is 4.51. The Kier molecular flexibility index (Phi) is 1.74. The normalized spacial score (nSPS) is 24.8. The van der Waals surface area contributed by atoms with Crippen molar-refractivity contribution in [2.75, 3.05) is 0 Å². The summed E-state index contributed by atoms with van der Waals surface area (Å²) in [7, 11) is 0. The molecule has 1 heterocycles. The van der Waals surface area contributed by atoms with E-state index in [1.54, 1.807) is 0 Å². The van der Waals surface area contributed by atoms with Crippen LogP contribution in [0, 0.1) is 12.3 Å². The van der Waals surface area contributed by atoms with E-state index >= 15 is 0 Å². The Hall–Kier alpha value is -0.830. The van der Waals surface area contributed by atoms with Gasteiger partial charge in [-0.2, -0.15) is 0 Å². The lowest BCUT2D eigenvalue weighted by Crippen LogP contribution is -1.95. The number of hydrogen-bond acceptors (Lipinski definition) is 3. The fourth-order valence-corrected chi connectivity index (χ4v) is 1.68. The molecule has 1 unspecified atom stereocenters. The van der Waals surface area contributed by atoms with Crippen molar-refractivity contribution in [2.24, 2.45) is 11.1 Å². The molecule has 0 aromatic carbocycles. The number of rotatable bonds is 2. The first kappa shape index (κ1) is 8.75. The molecule has 0 bridgehead atoms. The van der Waals surface area contributed by atoms with Crippen molar-refractivity contribution in [3.8, 4) is 0 Å². The van der Waals surface area contributed by atoms with Gasteiger partial charge in [0.05, 0.1) is 12.2 Å². The lowest BCUT2D eigenvalue weighted by molar-refractivity contribution is 0.436. The second kappa shape index (κ2) is 2.58. The Bertz CT molecular complexity index is 328. The van der Waals surface area contributed by atoms with Gasteiger partial charge in [-0.05, 0) is 18.8 Å². The molecular weight excluding hydrogens is 164 g/mol. The van der Waals surface area contributed by atoms with Crippen LogP contribution in [0.3, 0.4) is 0 Å². The summed E-state index contributed by atoms with van der Waals surface area (Å²) in [6, 6.07) is 0. The molecule has 2 N–H and O–H groups in total. The lowest BCUT2D eigenvalue weighted by Gasteiger charge is -1.97. The fraction of sp³-hybridized carbons (Fsp3) is 0.700. The SMILES string of the molecule is Cc1nc(C2CC2(C)C)oc1CN. The third kappa shape index (κ3) is 1.37. The van der Waals surface area contributed by atoms with Crippen LogP contribution in [0.4, 0.5) is 0 Å². The van der Waals surface area contributed by atoms with E-state index in [0.717, 1.165) is 17.3 Å². The predicted octanol–water partition coefficient (Wildman–Crippen LogP) is 1.96. The standard InChI is InChI=1S/C10H16N2O/c1-6-8(5-11)13-9(12-6)7-4-10(7,2)3/h7H,4-5,11H2,1-3H3. The quantitative estimate of drug-likeness (QED) is 0.756. The summed E-state index contributed by atoms with van der Waals surface area (Å²) < 4.78 is 5.59. The van der Waals surface area contributed by atoms with Gasteiger partial charge >= 0.3 is 0 Å². The lowest BCUT2D eigenvalue weighted by atomic mass is 10.1. The van der Waals surface area contributed by atoms with Gasteiger partial charge in [-0.3, -0.25) is 0 Å². The molecule has 1 aromatic rings. The van der Waals surface area contributed by atoms with Crippen molar-refractivity contribution < 1.29 is 4.42 Å². The highest BCUT2D eigenvalue weighted by atomic mass is 16.4. The monoisotopic (exact) mass is 180 g/mol. The van der Waals surface area contributed by atoms with E-state index in [2.05, 4.69) is 18.8 Å². The van der Waals surface area contributed by atoms with Crippen LogP contribution in [0.1, 0.15) is 43.5 Å². The zero-order valence-electron chi connectivity index (χ0n) is 8.42. The Morgan fingerprint density at radius 3 is 2.62 bits per heavy atom. The molecule has 1 aromatic heterocycles. The minimum Gasteiger partial charge on any atom is -0.444 e. The minimum absolute atomic E-state index is 0.378. The van der Waals surface area contributed by atoms with Crippen molar-refractivity contribution in [1.29, 1.82) is 0 Å². The van der Waals surface area contributed by atoms with E-state index in [0.29, 0.717) is 17.9 Å². The highest BCUT2D eigenvalue weighted by Crippen LogP contribution is 2.58. The highest BCUT2D eigenvalue weighted by Gasteiger charge is 2.49. The molecule has 0 radical (unpaired) electrons. The van der Waals surface area contributed by atoms with Crippen LogP contribution < -0.4 is 5.73 Å². The van der Waals surface area contributed by atoms with Crippen LogP contribution in [0.2, 0.25) is 0 Å². The van der Waals surface area contributed by atoms with Crippen molar-refractivity contribution in [1.82, 2.24) is 4.98 Å². The van der Waals surface area contributed by atoms with Crippen molar-refractivity contribution >= 4 is 0 Å². The molecule has 0 amide bonds. The van der Waals surface area contributed by atoms with Gasteiger partial charge in [0, 0.05) is 5.92 Å². The summed E-state index contributed by atoms with van der Waals surface area (Å²) in [6.45, 7) is 6.87. The number of aromatic nitrogens is 1. The number of nitrogens with two attached hydrogens (primary N) is 1. The summed E-state index contributed by atoms with van der Waals surface area (Å²) >= 11 is 0. The molecule has 1 saturated carbocycles. The van der Waals surface area contributed by atoms with Gasteiger partial charge in [0.1, 0.15) is 5.76 Å². The molecule has 72 valence electrons.